The van der Waals surface area contributed by atoms with Gasteiger partial charge < -0.3 is 9.16 Å². The minimum absolute atomic E-state index is 0.0388. The topological polar surface area (TPSA) is 86.5 Å². The van der Waals surface area contributed by atoms with Crippen LogP contribution >= 0.6 is 0 Å². The molecule has 1 aromatic heterocycles. The van der Waals surface area contributed by atoms with Gasteiger partial charge in [-0.05, 0) is 72.3 Å². The first-order chi connectivity index (χ1) is 21.7. The second-order valence-corrected chi connectivity index (χ2v) is 18.7. The van der Waals surface area contributed by atoms with Gasteiger partial charge in [0, 0.05) is 18.4 Å². The lowest BCUT2D eigenvalue weighted by Crippen LogP contribution is -2.44. The fourth-order valence-corrected chi connectivity index (χ4v) is 6.82. The van der Waals surface area contributed by atoms with E-state index in [0.29, 0.717) is 30.7 Å². The van der Waals surface area contributed by atoms with Crippen molar-refractivity contribution >= 4 is 31.4 Å². The lowest BCUT2D eigenvalue weighted by Gasteiger charge is -2.36. The average molecular weight is 645 g/mol. The Morgan fingerprint density at radius 2 is 1.85 bits per heavy atom. The number of hydrogen-bond donors (Lipinski definition) is 0. The van der Waals surface area contributed by atoms with Gasteiger partial charge in [0.15, 0.2) is 14.1 Å². The molecule has 1 aliphatic heterocycles. The number of ether oxygens (including phenoxy) is 1. The zero-order chi connectivity index (χ0) is 33.4. The molecule has 2 unspecified atom stereocenters. The van der Waals surface area contributed by atoms with Gasteiger partial charge in [-0.1, -0.05) is 87.5 Å². The minimum Gasteiger partial charge on any atom is -0.447 e. The summed E-state index contributed by atoms with van der Waals surface area (Å²) in [6.45, 7) is 17.8. The summed E-state index contributed by atoms with van der Waals surface area (Å²) in [5, 5.41) is 8.30. The predicted molar refractivity (Wildman–Crippen MR) is 179 cm³/mol. The summed E-state index contributed by atoms with van der Waals surface area (Å²) in [6.07, 6.45) is -0.207. The smallest absolute Gasteiger partial charge is 0.416 e. The van der Waals surface area contributed by atoms with E-state index in [4.69, 9.17) is 9.16 Å². The molecule has 0 bridgehead atoms. The zero-order valence-electron chi connectivity index (χ0n) is 28.1. The van der Waals surface area contributed by atoms with Gasteiger partial charge in [0.1, 0.15) is 12.1 Å². The molecule has 0 N–H and O–H groups in total. The Labute approximate surface area is 272 Å². The van der Waals surface area contributed by atoms with Gasteiger partial charge in [-0.2, -0.15) is 0 Å². The Bertz CT molecular complexity index is 1730. The monoisotopic (exact) mass is 644 g/mol. The Morgan fingerprint density at radius 3 is 2.52 bits per heavy atom. The molecule has 5 rings (SSSR count). The number of carbonyl (C=O) groups excluding carboxylic acids is 2. The van der Waals surface area contributed by atoms with E-state index in [2.05, 4.69) is 44.2 Å². The van der Waals surface area contributed by atoms with Crippen molar-refractivity contribution in [1.82, 2.24) is 19.9 Å². The summed E-state index contributed by atoms with van der Waals surface area (Å²) >= 11 is 0. The van der Waals surface area contributed by atoms with Crippen molar-refractivity contribution in [2.24, 2.45) is 5.92 Å². The van der Waals surface area contributed by atoms with E-state index in [1.807, 2.05) is 62.4 Å². The van der Waals surface area contributed by atoms with Gasteiger partial charge in [0.25, 0.3) is 0 Å². The number of fused-ring (bicyclic) bond motifs is 1. The van der Waals surface area contributed by atoms with E-state index in [0.717, 1.165) is 22.3 Å². The molecule has 1 saturated heterocycles. The van der Waals surface area contributed by atoms with Crippen LogP contribution in [0.1, 0.15) is 68.4 Å². The second-order valence-electron chi connectivity index (χ2n) is 13.9. The third-order valence-corrected chi connectivity index (χ3v) is 14.3. The van der Waals surface area contributed by atoms with E-state index >= 15 is 4.39 Å². The predicted octanol–water partition coefficient (Wildman–Crippen LogP) is 7.78. The van der Waals surface area contributed by atoms with Crippen LogP contribution < -0.4 is 0 Å². The molecule has 0 radical (unpaired) electrons. The molecule has 1 aliphatic rings. The van der Waals surface area contributed by atoms with Crippen LogP contribution in [-0.4, -0.2) is 52.9 Å². The zero-order valence-corrected chi connectivity index (χ0v) is 29.1. The van der Waals surface area contributed by atoms with Crippen LogP contribution in [-0.2, 0) is 33.5 Å². The number of halogens is 1. The molecule has 3 aromatic carbocycles. The van der Waals surface area contributed by atoms with Gasteiger partial charge in [-0.3, -0.25) is 4.79 Å². The number of aromatic nitrogens is 3. The number of cyclic esters (lactones) is 1. The molecular weight excluding hydrogens is 600 g/mol. The molecule has 46 heavy (non-hydrogen) atoms. The van der Waals surface area contributed by atoms with Crippen LogP contribution in [0.2, 0.25) is 18.1 Å². The highest BCUT2D eigenvalue weighted by atomic mass is 28.4. The third-order valence-electron chi connectivity index (χ3n) is 9.82. The quantitative estimate of drug-likeness (QED) is 0.164. The Kier molecular flexibility index (Phi) is 9.52. The number of amides is 2. The Morgan fingerprint density at radius 1 is 1.13 bits per heavy atom. The maximum absolute atomic E-state index is 16.5. The number of benzene rings is 3. The SMILES string of the molecule is CCn1nnc2c(F)c(C(c3ccc(C)c(CO[Si](C)(C)C(C)(C)C)c3)C(C)C(=O)N3C(=O)OC[C@H]3Cc3ccccc3)ccc21. The largest absolute Gasteiger partial charge is 0.447 e. The molecule has 8 nitrogen and oxygen atoms in total. The first-order valence-electron chi connectivity index (χ1n) is 16.0. The van der Waals surface area contributed by atoms with Gasteiger partial charge in [-0.15, -0.1) is 5.10 Å². The number of imide groups is 1. The van der Waals surface area contributed by atoms with Crippen molar-refractivity contribution in [2.45, 2.75) is 91.2 Å². The lowest BCUT2D eigenvalue weighted by atomic mass is 9.79. The van der Waals surface area contributed by atoms with E-state index in [9.17, 15) is 9.59 Å². The molecule has 0 spiro atoms. The molecular formula is C36H45FN4O4Si. The molecule has 244 valence electrons. The number of hydrogen-bond acceptors (Lipinski definition) is 6. The first-order valence-corrected chi connectivity index (χ1v) is 18.9. The van der Waals surface area contributed by atoms with Gasteiger partial charge in [-0.25, -0.2) is 18.8 Å². The highest BCUT2D eigenvalue weighted by Crippen LogP contribution is 2.40. The van der Waals surface area contributed by atoms with Gasteiger partial charge in [0.05, 0.1) is 18.2 Å². The maximum Gasteiger partial charge on any atom is 0.416 e. The number of carbonyl (C=O) groups is 2. The molecule has 1 fully saturated rings. The van der Waals surface area contributed by atoms with Crippen LogP contribution in [0.4, 0.5) is 9.18 Å². The van der Waals surface area contributed by atoms with Crippen molar-refractivity contribution in [2.75, 3.05) is 6.61 Å². The van der Waals surface area contributed by atoms with Crippen molar-refractivity contribution in [1.29, 1.82) is 0 Å². The summed E-state index contributed by atoms with van der Waals surface area (Å²) in [6, 6.07) is 18.7. The number of nitrogens with zero attached hydrogens (tertiary/aromatic N) is 4. The molecule has 4 aromatic rings. The third kappa shape index (κ3) is 6.50. The van der Waals surface area contributed by atoms with Gasteiger partial charge in [0.2, 0.25) is 5.91 Å². The molecule has 3 atom stereocenters. The summed E-state index contributed by atoms with van der Waals surface area (Å²) in [5.74, 6) is -2.47. The normalized spacial score (nSPS) is 16.9. The standard InChI is InChI=1S/C36H45FN4O4Si/c1-9-40-30-18-17-29(32(37)33(30)38-39-40)31(26-16-15-23(2)27(20-26)21-45-46(7,8)36(4,5)6)24(3)34(42)41-28(22-44-35(41)43)19-25-13-11-10-12-14-25/h10-18,20,24,28,31H,9,19,21-22H2,1-8H3/t24?,28-,31?/m1/s1. The van der Waals surface area contributed by atoms with E-state index in [1.165, 1.54) is 4.90 Å². The maximum atomic E-state index is 16.5. The second kappa shape index (κ2) is 13.1. The molecule has 2 heterocycles. The van der Waals surface area contributed by atoms with Crippen LogP contribution in [0.3, 0.4) is 0 Å². The van der Waals surface area contributed by atoms with Crippen LogP contribution in [0.15, 0.2) is 60.7 Å². The number of rotatable bonds is 10. The average Bonchev–Trinajstić information content (AvgIpc) is 3.61. The fourth-order valence-electron chi connectivity index (χ4n) is 5.88. The van der Waals surface area contributed by atoms with E-state index in [1.54, 1.807) is 23.7 Å². The van der Waals surface area contributed by atoms with E-state index < -0.39 is 44.0 Å². The van der Waals surface area contributed by atoms with E-state index in [-0.39, 0.29) is 17.2 Å². The number of aryl methyl sites for hydroxylation is 2. The summed E-state index contributed by atoms with van der Waals surface area (Å²) in [5.41, 5.74) is 4.84. The van der Waals surface area contributed by atoms with Crippen molar-refractivity contribution < 1.29 is 23.1 Å². The molecule has 0 aliphatic carbocycles. The van der Waals surface area contributed by atoms with Gasteiger partial charge >= 0.3 is 6.09 Å². The first kappa shape index (κ1) is 33.5. The van der Waals surface area contributed by atoms with Crippen molar-refractivity contribution in [3.05, 3.63) is 94.3 Å². The lowest BCUT2D eigenvalue weighted by molar-refractivity contribution is -0.133. The Hall–Kier alpha value is -3.89. The highest BCUT2D eigenvalue weighted by Gasteiger charge is 2.43. The molecule has 10 heteroatoms. The molecule has 2 amide bonds. The summed E-state index contributed by atoms with van der Waals surface area (Å²) < 4.78 is 30.1. The Balaban J connectivity index is 1.56. The summed E-state index contributed by atoms with van der Waals surface area (Å²) in [7, 11) is -2.05. The van der Waals surface area contributed by atoms with Crippen LogP contribution in [0.5, 0.6) is 0 Å². The van der Waals surface area contributed by atoms with Crippen molar-refractivity contribution in [3.8, 4) is 0 Å². The fraction of sp³-hybridized carbons (Fsp3) is 0.444. The molecule has 0 saturated carbocycles. The van der Waals surface area contributed by atoms with Crippen LogP contribution in [0, 0.1) is 18.7 Å². The van der Waals surface area contributed by atoms with Crippen LogP contribution in [0.25, 0.3) is 11.0 Å². The summed E-state index contributed by atoms with van der Waals surface area (Å²) in [4.78, 5) is 28.6. The van der Waals surface area contributed by atoms with Crippen molar-refractivity contribution in [3.63, 3.8) is 0 Å². The highest BCUT2D eigenvalue weighted by molar-refractivity contribution is 6.74. The minimum atomic E-state index is -2.05.